The Morgan fingerprint density at radius 1 is 1.31 bits per heavy atom. The summed E-state index contributed by atoms with van der Waals surface area (Å²) in [6.45, 7) is 0. The van der Waals surface area contributed by atoms with E-state index in [1.54, 1.807) is 0 Å². The third-order valence-corrected chi connectivity index (χ3v) is 2.27. The van der Waals surface area contributed by atoms with Crippen molar-refractivity contribution in [1.82, 2.24) is 0 Å². The van der Waals surface area contributed by atoms with Gasteiger partial charge in [0.2, 0.25) is 0 Å². The summed E-state index contributed by atoms with van der Waals surface area (Å²) in [4.78, 5) is 9.85. The predicted octanol–water partition coefficient (Wildman–Crippen LogP) is 0.451. The van der Waals surface area contributed by atoms with E-state index in [4.69, 9.17) is 9.66 Å². The van der Waals surface area contributed by atoms with Crippen LogP contribution < -0.4 is 0 Å². The zero-order chi connectivity index (χ0) is 10.1. The number of phenolic OH excluding ortho intramolecular Hbond substituents is 1. The van der Waals surface area contributed by atoms with E-state index in [9.17, 15) is 13.2 Å². The molecule has 13 heavy (non-hydrogen) atoms. The van der Waals surface area contributed by atoms with Crippen LogP contribution >= 0.6 is 0 Å². The summed E-state index contributed by atoms with van der Waals surface area (Å²) in [5, 5.41) is 8.99. The van der Waals surface area contributed by atoms with Crippen molar-refractivity contribution in [2.24, 2.45) is 0 Å². The van der Waals surface area contributed by atoms with Gasteiger partial charge >= 0.3 is 0 Å². The number of hydrogen-bond acceptors (Lipinski definition) is 4. The van der Waals surface area contributed by atoms with Crippen molar-refractivity contribution in [1.29, 1.82) is 0 Å². The first-order valence-corrected chi connectivity index (χ1v) is 4.65. The molecule has 0 aliphatic carbocycles. The van der Waals surface area contributed by atoms with Crippen LogP contribution in [0.2, 0.25) is 0 Å². The molecule has 0 saturated heterocycles. The molecule has 0 heterocycles. The molecule has 0 fully saturated rings. The fourth-order valence-electron chi connectivity index (χ4n) is 0.787. The van der Waals surface area contributed by atoms with E-state index in [-0.39, 0.29) is 11.3 Å². The number of carbonyl (C=O) groups excluding carboxylic acids is 1. The van der Waals surface area contributed by atoms with Gasteiger partial charge in [-0.1, -0.05) is 0 Å². The van der Waals surface area contributed by atoms with Gasteiger partial charge in [0.1, 0.15) is 5.75 Å². The van der Waals surface area contributed by atoms with Crippen LogP contribution in [-0.4, -0.2) is 24.4 Å². The van der Waals surface area contributed by atoms with Crippen LogP contribution in [0.3, 0.4) is 0 Å². The Morgan fingerprint density at radius 3 is 2.38 bits per heavy atom. The normalized spacial score (nSPS) is 11.2. The zero-order valence-corrected chi connectivity index (χ0v) is 7.15. The SMILES string of the molecule is O=Cc1cc(S(=O)(=O)O)ccc1O. The standard InChI is InChI=1S/C7H6O5S/c8-4-5-3-6(13(10,11)12)1-2-7(5)9/h1-4,9H,(H,10,11,12). The minimum atomic E-state index is -4.32. The second-order valence-electron chi connectivity index (χ2n) is 2.31. The molecule has 0 aliphatic rings. The van der Waals surface area contributed by atoms with E-state index in [0.29, 0.717) is 6.29 Å². The molecule has 0 saturated carbocycles. The van der Waals surface area contributed by atoms with Crippen molar-refractivity contribution in [2.75, 3.05) is 0 Å². The highest BCUT2D eigenvalue weighted by Gasteiger charge is 2.11. The first-order chi connectivity index (χ1) is 5.95. The number of rotatable bonds is 2. The van der Waals surface area contributed by atoms with E-state index in [1.165, 1.54) is 0 Å². The molecule has 0 aliphatic heterocycles. The molecular formula is C7H6O5S. The summed E-state index contributed by atoms with van der Waals surface area (Å²) < 4.78 is 29.7. The number of carbonyl (C=O) groups is 1. The van der Waals surface area contributed by atoms with Gasteiger partial charge in [-0.3, -0.25) is 9.35 Å². The summed E-state index contributed by atoms with van der Waals surface area (Å²) >= 11 is 0. The molecule has 0 spiro atoms. The molecule has 0 amide bonds. The van der Waals surface area contributed by atoms with Crippen molar-refractivity contribution in [3.8, 4) is 5.75 Å². The van der Waals surface area contributed by atoms with E-state index >= 15 is 0 Å². The van der Waals surface area contributed by atoms with E-state index in [1.807, 2.05) is 0 Å². The Kier molecular flexibility index (Phi) is 2.35. The van der Waals surface area contributed by atoms with Crippen LogP contribution in [0.4, 0.5) is 0 Å². The van der Waals surface area contributed by atoms with Gasteiger partial charge in [0.25, 0.3) is 10.1 Å². The fourth-order valence-corrected chi connectivity index (χ4v) is 1.30. The van der Waals surface area contributed by atoms with Gasteiger partial charge < -0.3 is 5.11 Å². The van der Waals surface area contributed by atoms with Crippen LogP contribution in [-0.2, 0) is 10.1 Å². The van der Waals surface area contributed by atoms with Crippen LogP contribution in [0.25, 0.3) is 0 Å². The molecule has 2 N–H and O–H groups in total. The van der Waals surface area contributed by atoms with Crippen LogP contribution in [0.5, 0.6) is 5.75 Å². The van der Waals surface area contributed by atoms with Gasteiger partial charge in [0.15, 0.2) is 6.29 Å². The van der Waals surface area contributed by atoms with E-state index in [2.05, 4.69) is 0 Å². The number of aromatic hydroxyl groups is 1. The lowest BCUT2D eigenvalue weighted by atomic mass is 10.2. The number of aldehydes is 1. The van der Waals surface area contributed by atoms with Crippen molar-refractivity contribution < 1.29 is 22.9 Å². The van der Waals surface area contributed by atoms with E-state index < -0.39 is 15.0 Å². The van der Waals surface area contributed by atoms with Gasteiger partial charge in [0, 0.05) is 0 Å². The molecule has 0 unspecified atom stereocenters. The maximum atomic E-state index is 10.6. The highest BCUT2D eigenvalue weighted by atomic mass is 32.2. The highest BCUT2D eigenvalue weighted by Crippen LogP contribution is 2.19. The highest BCUT2D eigenvalue weighted by molar-refractivity contribution is 7.85. The summed E-state index contributed by atoms with van der Waals surface area (Å²) in [7, 11) is -4.32. The molecule has 1 aromatic rings. The smallest absolute Gasteiger partial charge is 0.294 e. The summed E-state index contributed by atoms with van der Waals surface area (Å²) in [5.74, 6) is -0.331. The molecule has 6 heteroatoms. The van der Waals surface area contributed by atoms with Gasteiger partial charge in [-0.15, -0.1) is 0 Å². The summed E-state index contributed by atoms with van der Waals surface area (Å²) in [6.07, 6.45) is 0.296. The van der Waals surface area contributed by atoms with Crippen LogP contribution in [0.15, 0.2) is 23.1 Å². The molecule has 0 aromatic heterocycles. The average molecular weight is 202 g/mol. The third-order valence-electron chi connectivity index (χ3n) is 1.42. The first-order valence-electron chi connectivity index (χ1n) is 3.21. The predicted molar refractivity (Wildman–Crippen MR) is 43.3 cm³/mol. The molecular weight excluding hydrogens is 196 g/mol. The van der Waals surface area contributed by atoms with Crippen molar-refractivity contribution >= 4 is 16.4 Å². The summed E-state index contributed by atoms with van der Waals surface area (Å²) in [5.41, 5.74) is -0.185. The maximum Gasteiger partial charge on any atom is 0.294 e. The topological polar surface area (TPSA) is 91.7 Å². The fraction of sp³-hybridized carbons (Fsp3) is 0. The molecule has 1 rings (SSSR count). The largest absolute Gasteiger partial charge is 0.507 e. The molecule has 70 valence electrons. The zero-order valence-electron chi connectivity index (χ0n) is 6.34. The Hall–Kier alpha value is -1.40. The number of hydrogen-bond donors (Lipinski definition) is 2. The minimum absolute atomic E-state index is 0.185. The lowest BCUT2D eigenvalue weighted by molar-refractivity contribution is 0.112. The first kappa shape index (κ1) is 9.69. The van der Waals surface area contributed by atoms with Crippen LogP contribution in [0.1, 0.15) is 10.4 Å². The molecule has 0 atom stereocenters. The number of benzene rings is 1. The monoisotopic (exact) mass is 202 g/mol. The maximum absolute atomic E-state index is 10.6. The molecule has 5 nitrogen and oxygen atoms in total. The Balaban J connectivity index is 3.38. The minimum Gasteiger partial charge on any atom is -0.507 e. The van der Waals surface area contributed by atoms with Gasteiger partial charge in [-0.05, 0) is 18.2 Å². The summed E-state index contributed by atoms with van der Waals surface area (Å²) in [6, 6.07) is 2.90. The van der Waals surface area contributed by atoms with Crippen molar-refractivity contribution in [2.45, 2.75) is 4.90 Å². The van der Waals surface area contributed by atoms with E-state index in [0.717, 1.165) is 18.2 Å². The second-order valence-corrected chi connectivity index (χ2v) is 3.74. The Bertz CT molecular complexity index is 434. The number of phenols is 1. The van der Waals surface area contributed by atoms with Crippen LogP contribution in [0, 0.1) is 0 Å². The second kappa shape index (κ2) is 3.15. The molecule has 0 bridgehead atoms. The quantitative estimate of drug-likeness (QED) is 0.536. The van der Waals surface area contributed by atoms with Gasteiger partial charge in [-0.25, -0.2) is 0 Å². The van der Waals surface area contributed by atoms with Gasteiger partial charge in [0.05, 0.1) is 10.5 Å². The molecule has 0 radical (unpaired) electrons. The lowest BCUT2D eigenvalue weighted by Crippen LogP contribution is -1.98. The van der Waals surface area contributed by atoms with Crippen molar-refractivity contribution in [3.05, 3.63) is 23.8 Å². The lowest BCUT2D eigenvalue weighted by Gasteiger charge is -1.99. The molecule has 1 aromatic carbocycles. The Labute approximate surface area is 74.4 Å². The average Bonchev–Trinajstić information content (AvgIpc) is 2.03. The third kappa shape index (κ3) is 2.04. The van der Waals surface area contributed by atoms with Crippen molar-refractivity contribution in [3.63, 3.8) is 0 Å². The Morgan fingerprint density at radius 2 is 1.92 bits per heavy atom. The van der Waals surface area contributed by atoms with Gasteiger partial charge in [-0.2, -0.15) is 8.42 Å².